The Hall–Kier alpha value is -2.62. The van der Waals surface area contributed by atoms with Gasteiger partial charge >= 0.3 is 0 Å². The van der Waals surface area contributed by atoms with Crippen molar-refractivity contribution >= 4 is 5.69 Å². The molecular weight excluding hydrogens is 224 g/mol. The van der Waals surface area contributed by atoms with Crippen molar-refractivity contribution in [1.82, 2.24) is 15.0 Å². The lowest BCUT2D eigenvalue weighted by Crippen LogP contribution is -2.03. The molecule has 0 aliphatic carbocycles. The van der Waals surface area contributed by atoms with Crippen molar-refractivity contribution in [3.8, 4) is 16.9 Å². The van der Waals surface area contributed by atoms with E-state index in [1.807, 2.05) is 54.6 Å². The summed E-state index contributed by atoms with van der Waals surface area (Å²) < 4.78 is 1.75. The summed E-state index contributed by atoms with van der Waals surface area (Å²) in [4.78, 5) is 0. The highest BCUT2D eigenvalue weighted by Gasteiger charge is 2.09. The highest BCUT2D eigenvalue weighted by atomic mass is 15.4. The Kier molecular flexibility index (Phi) is 2.53. The van der Waals surface area contributed by atoms with Crippen LogP contribution in [0.2, 0.25) is 0 Å². The molecule has 4 nitrogen and oxygen atoms in total. The minimum atomic E-state index is 0.681. The van der Waals surface area contributed by atoms with Gasteiger partial charge in [0.25, 0.3) is 0 Å². The van der Waals surface area contributed by atoms with Crippen molar-refractivity contribution in [2.45, 2.75) is 0 Å². The summed E-state index contributed by atoms with van der Waals surface area (Å²) in [5.74, 6) is 0. The fourth-order valence-corrected chi connectivity index (χ4v) is 1.90. The van der Waals surface area contributed by atoms with Gasteiger partial charge in [-0.05, 0) is 12.1 Å². The molecule has 2 N–H and O–H groups in total. The first-order chi connectivity index (χ1) is 8.86. The van der Waals surface area contributed by atoms with Crippen molar-refractivity contribution in [1.29, 1.82) is 0 Å². The maximum Gasteiger partial charge on any atom is 0.0945 e. The molecule has 0 saturated heterocycles. The number of hydrogen-bond acceptors (Lipinski definition) is 3. The van der Waals surface area contributed by atoms with E-state index in [-0.39, 0.29) is 0 Å². The van der Waals surface area contributed by atoms with Crippen LogP contribution in [0.4, 0.5) is 5.69 Å². The third-order valence-electron chi connectivity index (χ3n) is 2.78. The molecule has 0 aliphatic heterocycles. The molecule has 0 amide bonds. The minimum Gasteiger partial charge on any atom is -0.397 e. The van der Waals surface area contributed by atoms with Crippen molar-refractivity contribution in [2.24, 2.45) is 0 Å². The Labute approximate surface area is 105 Å². The lowest BCUT2D eigenvalue weighted by atomic mass is 10.1. The van der Waals surface area contributed by atoms with Crippen LogP contribution in [0.1, 0.15) is 0 Å². The summed E-state index contributed by atoms with van der Waals surface area (Å²) in [5.41, 5.74) is 9.48. The largest absolute Gasteiger partial charge is 0.397 e. The fraction of sp³-hybridized carbons (Fsp3) is 0. The van der Waals surface area contributed by atoms with Crippen LogP contribution >= 0.6 is 0 Å². The number of nitrogens with two attached hydrogens (primary N) is 1. The van der Waals surface area contributed by atoms with Gasteiger partial charge in [-0.15, -0.1) is 5.10 Å². The van der Waals surface area contributed by atoms with E-state index < -0.39 is 0 Å². The summed E-state index contributed by atoms with van der Waals surface area (Å²) in [6, 6.07) is 17.6. The quantitative estimate of drug-likeness (QED) is 0.695. The van der Waals surface area contributed by atoms with Crippen LogP contribution < -0.4 is 5.73 Å². The Balaban J connectivity index is 2.16. The molecule has 3 rings (SSSR count). The van der Waals surface area contributed by atoms with Crippen LogP contribution in [0, 0.1) is 0 Å². The van der Waals surface area contributed by atoms with E-state index in [2.05, 4.69) is 10.3 Å². The van der Waals surface area contributed by atoms with E-state index >= 15 is 0 Å². The van der Waals surface area contributed by atoms with Crippen LogP contribution in [0.15, 0.2) is 60.8 Å². The van der Waals surface area contributed by atoms with Crippen LogP contribution in [0.3, 0.4) is 0 Å². The molecule has 88 valence electrons. The molecule has 3 aromatic rings. The van der Waals surface area contributed by atoms with Gasteiger partial charge in [-0.2, -0.15) is 0 Å². The summed E-state index contributed by atoms with van der Waals surface area (Å²) in [7, 11) is 0. The van der Waals surface area contributed by atoms with Gasteiger partial charge in [-0.1, -0.05) is 47.7 Å². The van der Waals surface area contributed by atoms with Gasteiger partial charge in [-0.25, -0.2) is 4.68 Å². The van der Waals surface area contributed by atoms with Gasteiger partial charge in [0, 0.05) is 5.56 Å². The molecule has 0 spiro atoms. The van der Waals surface area contributed by atoms with Crippen LogP contribution in [-0.2, 0) is 0 Å². The number of rotatable bonds is 2. The van der Waals surface area contributed by atoms with Crippen molar-refractivity contribution in [3.05, 3.63) is 60.8 Å². The maximum absolute atomic E-state index is 5.97. The van der Waals surface area contributed by atoms with E-state index in [0.29, 0.717) is 5.69 Å². The molecule has 0 aliphatic rings. The lowest BCUT2D eigenvalue weighted by molar-refractivity contribution is 0.809. The highest BCUT2D eigenvalue weighted by molar-refractivity contribution is 5.65. The Morgan fingerprint density at radius 2 is 1.61 bits per heavy atom. The van der Waals surface area contributed by atoms with Crippen molar-refractivity contribution in [3.63, 3.8) is 0 Å². The summed E-state index contributed by atoms with van der Waals surface area (Å²) in [6.45, 7) is 0. The average molecular weight is 236 g/mol. The topological polar surface area (TPSA) is 56.7 Å². The maximum atomic E-state index is 5.97. The summed E-state index contributed by atoms with van der Waals surface area (Å²) >= 11 is 0. The molecule has 0 radical (unpaired) electrons. The summed E-state index contributed by atoms with van der Waals surface area (Å²) in [5, 5.41) is 8.08. The predicted octanol–water partition coefficient (Wildman–Crippen LogP) is 2.52. The number of aromatic nitrogens is 3. The molecule has 0 unspecified atom stereocenters. The molecule has 0 atom stereocenters. The standard InChI is InChI=1S/C14H12N4/c15-12-8-4-5-9-13(12)18-14(10-16-17-18)11-6-2-1-3-7-11/h1-10H,15H2. The van der Waals surface area contributed by atoms with Gasteiger partial charge in [0.1, 0.15) is 0 Å². The summed E-state index contributed by atoms with van der Waals surface area (Å²) in [6.07, 6.45) is 1.74. The van der Waals surface area contributed by atoms with E-state index in [0.717, 1.165) is 16.9 Å². The van der Waals surface area contributed by atoms with E-state index in [9.17, 15) is 0 Å². The second kappa shape index (κ2) is 4.33. The Morgan fingerprint density at radius 3 is 2.39 bits per heavy atom. The van der Waals surface area contributed by atoms with Gasteiger partial charge in [0.15, 0.2) is 0 Å². The van der Waals surface area contributed by atoms with Crippen molar-refractivity contribution < 1.29 is 0 Å². The number of nitrogen functional groups attached to an aromatic ring is 1. The third kappa shape index (κ3) is 1.73. The zero-order valence-corrected chi connectivity index (χ0v) is 9.69. The first-order valence-electron chi connectivity index (χ1n) is 5.67. The van der Waals surface area contributed by atoms with Crippen LogP contribution in [-0.4, -0.2) is 15.0 Å². The van der Waals surface area contributed by atoms with Gasteiger partial charge in [-0.3, -0.25) is 0 Å². The Bertz CT molecular complexity index is 658. The van der Waals surface area contributed by atoms with E-state index in [4.69, 9.17) is 5.73 Å². The number of para-hydroxylation sites is 2. The molecule has 0 fully saturated rings. The van der Waals surface area contributed by atoms with Gasteiger partial charge < -0.3 is 5.73 Å². The second-order valence-electron chi connectivity index (χ2n) is 3.96. The molecule has 0 saturated carbocycles. The molecular formula is C14H12N4. The smallest absolute Gasteiger partial charge is 0.0945 e. The fourth-order valence-electron chi connectivity index (χ4n) is 1.90. The minimum absolute atomic E-state index is 0.681. The van der Waals surface area contributed by atoms with Gasteiger partial charge in [0.05, 0.1) is 23.3 Å². The monoisotopic (exact) mass is 236 g/mol. The molecule has 2 aromatic carbocycles. The molecule has 18 heavy (non-hydrogen) atoms. The normalized spacial score (nSPS) is 10.4. The first kappa shape index (κ1) is 10.5. The molecule has 1 aromatic heterocycles. The predicted molar refractivity (Wildman–Crippen MR) is 71.2 cm³/mol. The average Bonchev–Trinajstić information content (AvgIpc) is 2.89. The van der Waals surface area contributed by atoms with E-state index in [1.54, 1.807) is 10.9 Å². The molecule has 4 heteroatoms. The van der Waals surface area contributed by atoms with Gasteiger partial charge in [0.2, 0.25) is 0 Å². The number of anilines is 1. The molecule has 0 bridgehead atoms. The van der Waals surface area contributed by atoms with Crippen molar-refractivity contribution in [2.75, 3.05) is 5.73 Å². The lowest BCUT2D eigenvalue weighted by Gasteiger charge is -2.08. The van der Waals surface area contributed by atoms with E-state index in [1.165, 1.54) is 0 Å². The number of nitrogens with zero attached hydrogens (tertiary/aromatic N) is 3. The zero-order valence-electron chi connectivity index (χ0n) is 9.69. The highest BCUT2D eigenvalue weighted by Crippen LogP contribution is 2.23. The van der Waals surface area contributed by atoms with Crippen LogP contribution in [0.5, 0.6) is 0 Å². The van der Waals surface area contributed by atoms with Crippen LogP contribution in [0.25, 0.3) is 16.9 Å². The second-order valence-corrected chi connectivity index (χ2v) is 3.96. The zero-order chi connectivity index (χ0) is 12.4. The first-order valence-corrected chi connectivity index (χ1v) is 5.67. The number of hydrogen-bond donors (Lipinski definition) is 1. The molecule has 1 heterocycles. The Morgan fingerprint density at radius 1 is 0.889 bits per heavy atom. The SMILES string of the molecule is Nc1ccccc1-n1nncc1-c1ccccc1. The third-order valence-corrected chi connectivity index (χ3v) is 2.78. The number of benzene rings is 2.